The van der Waals surface area contributed by atoms with Gasteiger partial charge in [0.25, 0.3) is 0 Å². The molecule has 3 nitrogen and oxygen atoms in total. The van der Waals surface area contributed by atoms with Gasteiger partial charge >= 0.3 is 6.18 Å². The van der Waals surface area contributed by atoms with Crippen molar-refractivity contribution in [3.8, 4) is 0 Å². The van der Waals surface area contributed by atoms with Crippen molar-refractivity contribution in [2.75, 3.05) is 0 Å². The van der Waals surface area contributed by atoms with Gasteiger partial charge in [0.05, 0.1) is 6.42 Å². The summed E-state index contributed by atoms with van der Waals surface area (Å²) in [5.41, 5.74) is 2.07. The predicted octanol–water partition coefficient (Wildman–Crippen LogP) is 5.30. The molecule has 0 N–H and O–H groups in total. The van der Waals surface area contributed by atoms with E-state index in [2.05, 4.69) is 11.5 Å². The number of nitrogens with zero attached hydrogens (tertiary/aromatic N) is 1. The molecule has 136 valence electrons. The van der Waals surface area contributed by atoms with Crippen molar-refractivity contribution in [1.82, 2.24) is 4.57 Å². The number of aromatic nitrogens is 1. The number of rotatable bonds is 6. The first kappa shape index (κ1) is 18.2. The Labute approximate surface area is 148 Å². The number of ketones is 2. The second-order valence-electron chi connectivity index (χ2n) is 6.28. The van der Waals surface area contributed by atoms with Crippen molar-refractivity contribution < 1.29 is 22.8 Å². The van der Waals surface area contributed by atoms with Crippen LogP contribution < -0.4 is 0 Å². The molecule has 0 unspecified atom stereocenters. The Morgan fingerprint density at radius 3 is 2.38 bits per heavy atom. The van der Waals surface area contributed by atoms with Crippen molar-refractivity contribution in [3.63, 3.8) is 0 Å². The van der Waals surface area contributed by atoms with Crippen LogP contribution in [-0.4, -0.2) is 22.3 Å². The fourth-order valence-corrected chi connectivity index (χ4v) is 3.13. The smallest absolute Gasteiger partial charge is 0.340 e. The fraction of sp³-hybridized carbons (Fsp3) is 0.300. The summed E-state index contributed by atoms with van der Waals surface area (Å²) in [5, 5.41) is 1.75. The minimum Gasteiger partial charge on any atom is -0.340 e. The molecule has 3 rings (SSSR count). The number of fused-ring (bicyclic) bond motifs is 3. The van der Waals surface area contributed by atoms with Gasteiger partial charge < -0.3 is 4.57 Å². The first-order chi connectivity index (χ1) is 12.3. The minimum atomic E-state index is -4.99. The number of Topliss-reactive ketones (excluding diaryl/α,β-unsaturated/α-hetero) is 2. The van der Waals surface area contributed by atoms with Crippen LogP contribution >= 0.6 is 0 Å². The summed E-state index contributed by atoms with van der Waals surface area (Å²) in [7, 11) is 0. The predicted molar refractivity (Wildman–Crippen MR) is 94.4 cm³/mol. The van der Waals surface area contributed by atoms with Crippen molar-refractivity contribution >= 4 is 33.4 Å². The number of hydrogen-bond donors (Lipinski definition) is 0. The van der Waals surface area contributed by atoms with Crippen molar-refractivity contribution in [2.45, 2.75) is 38.9 Å². The first-order valence-corrected chi connectivity index (χ1v) is 8.47. The summed E-state index contributed by atoms with van der Waals surface area (Å²) >= 11 is 0. The van der Waals surface area contributed by atoms with Crippen molar-refractivity contribution in [3.05, 3.63) is 48.0 Å². The van der Waals surface area contributed by atoms with E-state index in [9.17, 15) is 22.8 Å². The third-order valence-electron chi connectivity index (χ3n) is 4.47. The molecular formula is C20H18F3NO2. The van der Waals surface area contributed by atoms with Gasteiger partial charge in [-0.05, 0) is 30.7 Å². The lowest BCUT2D eigenvalue weighted by Gasteiger charge is -2.07. The zero-order chi connectivity index (χ0) is 18.9. The van der Waals surface area contributed by atoms with E-state index < -0.39 is 24.2 Å². The van der Waals surface area contributed by atoms with Gasteiger partial charge in [0.2, 0.25) is 5.78 Å². The molecule has 0 aliphatic heterocycles. The molecule has 0 aliphatic carbocycles. The molecule has 0 amide bonds. The van der Waals surface area contributed by atoms with Crippen LogP contribution in [0.15, 0.2) is 42.5 Å². The average molecular weight is 361 g/mol. The van der Waals surface area contributed by atoms with E-state index in [4.69, 9.17) is 0 Å². The van der Waals surface area contributed by atoms with Gasteiger partial charge in [0, 0.05) is 33.9 Å². The lowest BCUT2D eigenvalue weighted by atomic mass is 10.0. The number of aryl methyl sites for hydroxylation is 1. The molecule has 3 aromatic rings. The lowest BCUT2D eigenvalue weighted by Crippen LogP contribution is -2.25. The molecule has 26 heavy (non-hydrogen) atoms. The van der Waals surface area contributed by atoms with Gasteiger partial charge in [-0.3, -0.25) is 9.59 Å². The molecule has 1 aromatic heterocycles. The van der Waals surface area contributed by atoms with E-state index in [0.717, 1.165) is 41.2 Å². The van der Waals surface area contributed by atoms with Crippen molar-refractivity contribution in [1.29, 1.82) is 0 Å². The van der Waals surface area contributed by atoms with Gasteiger partial charge in [0.15, 0.2) is 5.78 Å². The molecule has 0 aliphatic rings. The zero-order valence-electron chi connectivity index (χ0n) is 14.3. The van der Waals surface area contributed by atoms with Gasteiger partial charge in [-0.2, -0.15) is 13.2 Å². The van der Waals surface area contributed by atoms with E-state index in [1.807, 2.05) is 24.3 Å². The highest BCUT2D eigenvalue weighted by atomic mass is 19.4. The summed E-state index contributed by atoms with van der Waals surface area (Å²) in [6.07, 6.45) is -4.13. The van der Waals surface area contributed by atoms with Crippen LogP contribution in [0.4, 0.5) is 13.2 Å². The minimum absolute atomic E-state index is 0.119. The van der Waals surface area contributed by atoms with E-state index in [1.165, 1.54) is 6.07 Å². The Balaban J connectivity index is 2.05. The van der Waals surface area contributed by atoms with Crippen LogP contribution in [0, 0.1) is 0 Å². The summed E-state index contributed by atoms with van der Waals surface area (Å²) in [6, 6.07) is 12.6. The first-order valence-electron chi connectivity index (χ1n) is 8.47. The maximum Gasteiger partial charge on any atom is 0.450 e. The van der Waals surface area contributed by atoms with E-state index in [-0.39, 0.29) is 5.56 Å². The number of carbonyl (C=O) groups is 2. The van der Waals surface area contributed by atoms with Crippen LogP contribution in [-0.2, 0) is 11.3 Å². The molecule has 1 heterocycles. The van der Waals surface area contributed by atoms with Crippen LogP contribution in [0.2, 0.25) is 0 Å². The quantitative estimate of drug-likeness (QED) is 0.441. The summed E-state index contributed by atoms with van der Waals surface area (Å²) in [6.45, 7) is 2.92. The van der Waals surface area contributed by atoms with E-state index >= 15 is 0 Å². The molecule has 0 spiro atoms. The van der Waals surface area contributed by atoms with Crippen LogP contribution in [0.5, 0.6) is 0 Å². The molecule has 6 heteroatoms. The van der Waals surface area contributed by atoms with Gasteiger partial charge in [-0.1, -0.05) is 31.5 Å². The van der Waals surface area contributed by atoms with Crippen molar-refractivity contribution in [2.24, 2.45) is 0 Å². The van der Waals surface area contributed by atoms with E-state index in [0.29, 0.717) is 0 Å². The molecule has 0 atom stereocenters. The number of carbonyl (C=O) groups excluding carboxylic acids is 2. The maximum absolute atomic E-state index is 12.4. The second-order valence-corrected chi connectivity index (χ2v) is 6.28. The Morgan fingerprint density at radius 2 is 1.69 bits per heavy atom. The topological polar surface area (TPSA) is 39.1 Å². The van der Waals surface area contributed by atoms with Gasteiger partial charge in [-0.25, -0.2) is 0 Å². The van der Waals surface area contributed by atoms with Gasteiger partial charge in [-0.15, -0.1) is 0 Å². The molecular weight excluding hydrogens is 343 g/mol. The molecule has 0 saturated heterocycles. The molecule has 0 bridgehead atoms. The van der Waals surface area contributed by atoms with Crippen LogP contribution in [0.25, 0.3) is 21.8 Å². The largest absolute Gasteiger partial charge is 0.450 e. The number of benzene rings is 2. The molecule has 0 fully saturated rings. The second kappa shape index (κ2) is 6.94. The normalized spacial score (nSPS) is 12.0. The highest BCUT2D eigenvalue weighted by Gasteiger charge is 2.39. The zero-order valence-corrected chi connectivity index (χ0v) is 14.3. The van der Waals surface area contributed by atoms with Gasteiger partial charge in [0.1, 0.15) is 0 Å². The monoisotopic (exact) mass is 361 g/mol. The number of halogens is 3. The molecule has 0 saturated carbocycles. The maximum atomic E-state index is 12.4. The van der Waals surface area contributed by atoms with Crippen LogP contribution in [0.3, 0.4) is 0 Å². The highest BCUT2D eigenvalue weighted by Crippen LogP contribution is 2.30. The number of alkyl halides is 3. The average Bonchev–Trinajstić information content (AvgIpc) is 2.92. The Kier molecular flexibility index (Phi) is 4.85. The standard InChI is InChI=1S/C20H18F3NO2/c1-2-3-10-24-16-7-5-4-6-14(16)15-11-13(8-9-17(15)24)18(25)12-19(26)20(21,22)23/h4-9,11H,2-3,10,12H2,1H3. The number of para-hydroxylation sites is 1. The van der Waals surface area contributed by atoms with E-state index in [1.54, 1.807) is 12.1 Å². The lowest BCUT2D eigenvalue weighted by molar-refractivity contribution is -0.170. The summed E-state index contributed by atoms with van der Waals surface area (Å²) in [5.74, 6) is -2.84. The Morgan fingerprint density at radius 1 is 1.00 bits per heavy atom. The SMILES string of the molecule is CCCCn1c2ccccc2c2cc(C(=O)CC(=O)C(F)(F)F)ccc21. The Hall–Kier alpha value is -2.63. The number of hydrogen-bond acceptors (Lipinski definition) is 2. The molecule has 0 radical (unpaired) electrons. The summed E-state index contributed by atoms with van der Waals surface area (Å²) in [4.78, 5) is 23.2. The highest BCUT2D eigenvalue weighted by molar-refractivity contribution is 6.14. The fourth-order valence-electron chi connectivity index (χ4n) is 3.13. The summed E-state index contributed by atoms with van der Waals surface area (Å²) < 4.78 is 39.4. The molecule has 2 aromatic carbocycles. The number of unbranched alkanes of at least 4 members (excludes halogenated alkanes) is 1. The third kappa shape index (κ3) is 3.36. The van der Waals surface area contributed by atoms with Crippen LogP contribution in [0.1, 0.15) is 36.5 Å². The Bertz CT molecular complexity index is 986. The third-order valence-corrected chi connectivity index (χ3v) is 4.47.